The number of likely N-dealkylation sites (N-methyl/N-ethyl adjacent to an activating group) is 1. The van der Waals surface area contributed by atoms with E-state index in [1.807, 2.05) is 20.8 Å². The van der Waals surface area contributed by atoms with Gasteiger partial charge >= 0.3 is 0 Å². The number of hydrogen-bond acceptors (Lipinski definition) is 5. The van der Waals surface area contributed by atoms with Crippen LogP contribution in [0.2, 0.25) is 0 Å². The first-order valence-corrected chi connectivity index (χ1v) is 7.06. The molecular weight excluding hydrogens is 272 g/mol. The number of rotatable bonds is 7. The Morgan fingerprint density at radius 3 is 2.57 bits per heavy atom. The van der Waals surface area contributed by atoms with Crippen molar-refractivity contribution in [3.8, 4) is 0 Å². The first-order chi connectivity index (χ1) is 9.83. The topological polar surface area (TPSA) is 106 Å². The van der Waals surface area contributed by atoms with E-state index in [1.54, 1.807) is 13.1 Å². The van der Waals surface area contributed by atoms with Crippen molar-refractivity contribution in [2.24, 2.45) is 5.73 Å². The van der Waals surface area contributed by atoms with Gasteiger partial charge in [-0.15, -0.1) is 5.10 Å². The van der Waals surface area contributed by atoms with Crippen molar-refractivity contribution in [2.45, 2.75) is 46.3 Å². The number of nitrogens with two attached hydrogens (primary N) is 1. The molecule has 1 aromatic rings. The van der Waals surface area contributed by atoms with E-state index >= 15 is 0 Å². The van der Waals surface area contributed by atoms with Crippen molar-refractivity contribution >= 4 is 11.8 Å². The first kappa shape index (κ1) is 17.1. The molecule has 0 saturated carbocycles. The Labute approximate surface area is 124 Å². The molecule has 2 amide bonds. The smallest absolute Gasteiger partial charge is 0.244 e. The highest BCUT2D eigenvalue weighted by Gasteiger charge is 2.17. The Morgan fingerprint density at radius 1 is 1.43 bits per heavy atom. The monoisotopic (exact) mass is 296 g/mol. The minimum absolute atomic E-state index is 0.0440. The molecule has 0 aromatic carbocycles. The Bertz CT molecular complexity index is 483. The van der Waals surface area contributed by atoms with Crippen LogP contribution in [0.3, 0.4) is 0 Å². The average molecular weight is 296 g/mol. The number of amides is 2. The molecule has 1 atom stereocenters. The van der Waals surface area contributed by atoms with Gasteiger partial charge in [-0.25, -0.2) is 4.68 Å². The molecule has 0 aliphatic heterocycles. The SMILES string of the molecule is CCN(CC(=O)NC(C)C)C(=O)Cn1cc(C(C)N)nn1. The number of hydrogen-bond donors (Lipinski definition) is 2. The Balaban J connectivity index is 2.59. The Kier molecular flexibility index (Phi) is 6.29. The van der Waals surface area contributed by atoms with Crippen LogP contribution in [0.25, 0.3) is 0 Å². The van der Waals surface area contributed by atoms with Crippen LogP contribution in [0.15, 0.2) is 6.20 Å². The predicted octanol–water partition coefficient (Wildman–Crippen LogP) is -0.329. The maximum absolute atomic E-state index is 12.2. The quantitative estimate of drug-likeness (QED) is 0.716. The first-order valence-electron chi connectivity index (χ1n) is 7.06. The Hall–Kier alpha value is -1.96. The van der Waals surface area contributed by atoms with Crippen molar-refractivity contribution in [1.29, 1.82) is 0 Å². The van der Waals surface area contributed by atoms with E-state index in [1.165, 1.54) is 9.58 Å². The summed E-state index contributed by atoms with van der Waals surface area (Å²) in [6, 6.07) is -0.178. The minimum Gasteiger partial charge on any atom is -0.352 e. The maximum Gasteiger partial charge on any atom is 0.244 e. The van der Waals surface area contributed by atoms with Crippen LogP contribution in [0.4, 0.5) is 0 Å². The Morgan fingerprint density at radius 2 is 2.10 bits per heavy atom. The number of aromatic nitrogens is 3. The van der Waals surface area contributed by atoms with Gasteiger partial charge < -0.3 is 16.0 Å². The summed E-state index contributed by atoms with van der Waals surface area (Å²) in [6.45, 7) is 7.92. The van der Waals surface area contributed by atoms with Gasteiger partial charge in [0.2, 0.25) is 11.8 Å². The molecule has 21 heavy (non-hydrogen) atoms. The summed E-state index contributed by atoms with van der Waals surface area (Å²) < 4.78 is 1.43. The van der Waals surface area contributed by atoms with Crippen LogP contribution in [-0.2, 0) is 16.1 Å². The lowest BCUT2D eigenvalue weighted by molar-refractivity contribution is -0.136. The predicted molar refractivity (Wildman–Crippen MR) is 78.2 cm³/mol. The lowest BCUT2D eigenvalue weighted by Gasteiger charge is -2.21. The van der Waals surface area contributed by atoms with Gasteiger partial charge in [-0.3, -0.25) is 9.59 Å². The molecule has 3 N–H and O–H groups in total. The molecule has 1 heterocycles. The molecule has 1 unspecified atom stereocenters. The van der Waals surface area contributed by atoms with Crippen molar-refractivity contribution < 1.29 is 9.59 Å². The summed E-state index contributed by atoms with van der Waals surface area (Å²) in [7, 11) is 0. The highest BCUT2D eigenvalue weighted by molar-refractivity contribution is 5.84. The van der Waals surface area contributed by atoms with E-state index in [0.717, 1.165) is 0 Å². The molecule has 1 rings (SSSR count). The molecule has 0 radical (unpaired) electrons. The summed E-state index contributed by atoms with van der Waals surface area (Å²) in [5.74, 6) is -0.354. The van der Waals surface area contributed by atoms with E-state index in [-0.39, 0.29) is 37.0 Å². The second kappa shape index (κ2) is 7.72. The largest absolute Gasteiger partial charge is 0.352 e. The fraction of sp³-hybridized carbons (Fsp3) is 0.692. The maximum atomic E-state index is 12.2. The summed E-state index contributed by atoms with van der Waals surface area (Å²) in [6.07, 6.45) is 1.64. The molecule has 0 aliphatic rings. The van der Waals surface area contributed by atoms with Crippen molar-refractivity contribution in [3.63, 3.8) is 0 Å². The van der Waals surface area contributed by atoms with Gasteiger partial charge in [-0.05, 0) is 27.7 Å². The minimum atomic E-state index is -0.229. The van der Waals surface area contributed by atoms with Crippen molar-refractivity contribution in [3.05, 3.63) is 11.9 Å². The third kappa shape index (κ3) is 5.50. The van der Waals surface area contributed by atoms with Crippen LogP contribution in [0.5, 0.6) is 0 Å². The second-order valence-electron chi connectivity index (χ2n) is 5.26. The summed E-state index contributed by atoms with van der Waals surface area (Å²) >= 11 is 0. The van der Waals surface area contributed by atoms with Crippen molar-refractivity contribution in [2.75, 3.05) is 13.1 Å². The standard InChI is InChI=1S/C13H24N6O2/c1-5-18(7-12(20)15-9(2)3)13(21)8-19-6-11(10(4)14)16-17-19/h6,9-10H,5,7-8,14H2,1-4H3,(H,15,20). The zero-order chi connectivity index (χ0) is 16.0. The molecule has 0 spiro atoms. The van der Waals surface area contributed by atoms with Crippen LogP contribution in [-0.4, -0.2) is 50.8 Å². The van der Waals surface area contributed by atoms with Crippen LogP contribution < -0.4 is 11.1 Å². The van der Waals surface area contributed by atoms with Crippen LogP contribution in [0, 0.1) is 0 Å². The lowest BCUT2D eigenvalue weighted by Crippen LogP contribution is -2.43. The molecular formula is C13H24N6O2. The van der Waals surface area contributed by atoms with E-state index in [9.17, 15) is 9.59 Å². The van der Waals surface area contributed by atoms with Crippen molar-refractivity contribution in [1.82, 2.24) is 25.2 Å². The van der Waals surface area contributed by atoms with Gasteiger partial charge in [-0.2, -0.15) is 0 Å². The zero-order valence-corrected chi connectivity index (χ0v) is 13.0. The van der Waals surface area contributed by atoms with Gasteiger partial charge in [0.1, 0.15) is 6.54 Å². The molecule has 0 fully saturated rings. The van der Waals surface area contributed by atoms with E-state index < -0.39 is 0 Å². The average Bonchev–Trinajstić information content (AvgIpc) is 2.83. The molecule has 8 heteroatoms. The second-order valence-corrected chi connectivity index (χ2v) is 5.26. The number of nitrogens with one attached hydrogen (secondary N) is 1. The number of carbonyl (C=O) groups excluding carboxylic acids is 2. The fourth-order valence-corrected chi connectivity index (χ4v) is 1.76. The molecule has 0 bridgehead atoms. The summed E-state index contributed by atoms with van der Waals surface area (Å²) in [5.41, 5.74) is 6.32. The fourth-order valence-electron chi connectivity index (χ4n) is 1.76. The molecule has 118 valence electrons. The number of carbonyl (C=O) groups is 2. The highest BCUT2D eigenvalue weighted by atomic mass is 16.2. The van der Waals surface area contributed by atoms with Gasteiger partial charge in [-0.1, -0.05) is 5.21 Å². The normalized spacial score (nSPS) is 12.3. The third-order valence-corrected chi connectivity index (χ3v) is 2.84. The van der Waals surface area contributed by atoms with Gasteiger partial charge in [0.05, 0.1) is 18.4 Å². The van der Waals surface area contributed by atoms with E-state index in [4.69, 9.17) is 5.73 Å². The summed E-state index contributed by atoms with van der Waals surface area (Å²) in [5, 5.41) is 10.5. The van der Waals surface area contributed by atoms with Crippen LogP contribution >= 0.6 is 0 Å². The zero-order valence-electron chi connectivity index (χ0n) is 13.0. The molecule has 0 aliphatic carbocycles. The van der Waals surface area contributed by atoms with E-state index in [2.05, 4.69) is 15.6 Å². The summed E-state index contributed by atoms with van der Waals surface area (Å²) in [4.78, 5) is 25.4. The van der Waals surface area contributed by atoms with Gasteiger partial charge in [0.25, 0.3) is 0 Å². The third-order valence-electron chi connectivity index (χ3n) is 2.84. The van der Waals surface area contributed by atoms with Crippen LogP contribution in [0.1, 0.15) is 39.4 Å². The van der Waals surface area contributed by atoms with E-state index in [0.29, 0.717) is 12.2 Å². The molecule has 0 saturated heterocycles. The lowest BCUT2D eigenvalue weighted by atomic mass is 10.3. The molecule has 8 nitrogen and oxygen atoms in total. The molecule has 1 aromatic heterocycles. The van der Waals surface area contributed by atoms with Gasteiger partial charge in [0.15, 0.2) is 0 Å². The van der Waals surface area contributed by atoms with Gasteiger partial charge in [0, 0.05) is 18.6 Å². The number of nitrogens with zero attached hydrogens (tertiary/aromatic N) is 4. The highest BCUT2D eigenvalue weighted by Crippen LogP contribution is 2.04.